The van der Waals surface area contributed by atoms with Crippen LogP contribution in [0.2, 0.25) is 12.6 Å². The molecule has 1 atom stereocenters. The van der Waals surface area contributed by atoms with Crippen molar-refractivity contribution in [2.45, 2.75) is 76.5 Å². The Morgan fingerprint density at radius 3 is 2.96 bits per heavy atom. The van der Waals surface area contributed by atoms with Gasteiger partial charge in [-0.1, -0.05) is 44.0 Å². The van der Waals surface area contributed by atoms with Gasteiger partial charge >= 0.3 is 0 Å². The van der Waals surface area contributed by atoms with E-state index in [1.165, 1.54) is 0 Å². The molecule has 1 spiro atoms. The zero-order valence-electron chi connectivity index (χ0n) is 14.8. The minimum atomic E-state index is -0.679. The highest BCUT2D eigenvalue weighted by Crippen LogP contribution is 2.37. The van der Waals surface area contributed by atoms with Crippen LogP contribution in [0.4, 0.5) is 0 Å². The minimum absolute atomic E-state index is 0.143. The first-order valence-electron chi connectivity index (χ1n) is 9.60. The first-order chi connectivity index (χ1) is 11.7. The Labute approximate surface area is 145 Å². The topological polar surface area (TPSA) is 65.7 Å². The monoisotopic (exact) mass is 329 g/mol. The van der Waals surface area contributed by atoms with Crippen LogP contribution in [-0.2, 0) is 9.63 Å². The lowest BCUT2D eigenvalue weighted by molar-refractivity contribution is -0.146. The van der Waals surface area contributed by atoms with E-state index in [1.54, 1.807) is 0 Å². The number of nitriles is 1. The van der Waals surface area contributed by atoms with Gasteiger partial charge in [-0.15, -0.1) is 0 Å². The zero-order valence-corrected chi connectivity index (χ0v) is 14.8. The van der Waals surface area contributed by atoms with Crippen LogP contribution in [0.3, 0.4) is 0 Å². The van der Waals surface area contributed by atoms with Gasteiger partial charge in [0.05, 0.1) is 5.71 Å². The second-order valence-electron chi connectivity index (χ2n) is 7.70. The third-order valence-corrected chi connectivity index (χ3v) is 5.95. The Morgan fingerprint density at radius 2 is 2.25 bits per heavy atom. The number of unbranched alkanes of at least 4 members (excludes halogenated alkanes) is 1. The Hall–Kier alpha value is -1.51. The van der Waals surface area contributed by atoms with E-state index in [2.05, 4.69) is 18.0 Å². The van der Waals surface area contributed by atoms with Gasteiger partial charge in [-0.3, -0.25) is 4.79 Å². The number of rotatable bonds is 6. The van der Waals surface area contributed by atoms with Gasteiger partial charge < -0.3 is 9.74 Å². The molecule has 6 heteroatoms. The second-order valence-corrected chi connectivity index (χ2v) is 7.70. The summed E-state index contributed by atoms with van der Waals surface area (Å²) in [7, 11) is 0. The van der Waals surface area contributed by atoms with Crippen molar-refractivity contribution in [2.75, 3.05) is 13.1 Å². The van der Waals surface area contributed by atoms with Gasteiger partial charge in [0.15, 0.2) is 0 Å². The molecule has 1 amide bonds. The lowest BCUT2D eigenvalue weighted by Gasteiger charge is -2.23. The molecule has 0 aromatic rings. The van der Waals surface area contributed by atoms with Gasteiger partial charge in [0.25, 0.3) is 12.6 Å². The molecule has 3 aliphatic rings. The van der Waals surface area contributed by atoms with Crippen LogP contribution < -0.4 is 0 Å². The summed E-state index contributed by atoms with van der Waals surface area (Å²) < 4.78 is 0. The number of hydrogen-bond acceptors (Lipinski definition) is 4. The van der Waals surface area contributed by atoms with Crippen LogP contribution in [0.25, 0.3) is 0 Å². The van der Waals surface area contributed by atoms with E-state index in [9.17, 15) is 4.79 Å². The number of carbonyl (C=O) groups is 1. The predicted octanol–water partition coefficient (Wildman–Crippen LogP) is 3.28. The highest BCUT2D eigenvalue weighted by molar-refractivity contribution is 6.67. The number of likely N-dealkylation sites (tertiary alicyclic amines) is 1. The zero-order chi connectivity index (χ0) is 17.0. The van der Waals surface area contributed by atoms with Gasteiger partial charge in [0, 0.05) is 31.9 Å². The molecule has 24 heavy (non-hydrogen) atoms. The van der Waals surface area contributed by atoms with Crippen molar-refractivity contribution < 1.29 is 9.63 Å². The van der Waals surface area contributed by atoms with Crippen LogP contribution >= 0.6 is 0 Å². The molecule has 2 fully saturated rings. The summed E-state index contributed by atoms with van der Waals surface area (Å²) in [6.45, 7) is 4.06. The molecule has 0 aromatic carbocycles. The second kappa shape index (κ2) is 7.59. The van der Waals surface area contributed by atoms with Gasteiger partial charge in [-0.25, -0.2) is 5.26 Å². The molecule has 0 bridgehead atoms. The summed E-state index contributed by atoms with van der Waals surface area (Å²) in [6.07, 6.45) is 10.1. The van der Waals surface area contributed by atoms with Crippen molar-refractivity contribution in [3.8, 4) is 5.97 Å². The summed E-state index contributed by atoms with van der Waals surface area (Å²) in [4.78, 5) is 20.3. The van der Waals surface area contributed by atoms with Crippen molar-refractivity contribution in [1.29, 1.82) is 5.26 Å². The van der Waals surface area contributed by atoms with E-state index in [4.69, 9.17) is 10.1 Å². The molecule has 3 heterocycles. The maximum atomic E-state index is 12.7. The Balaban J connectivity index is 1.44. The van der Waals surface area contributed by atoms with Crippen molar-refractivity contribution in [3.05, 3.63) is 0 Å². The fourth-order valence-electron chi connectivity index (χ4n) is 4.25. The molecule has 0 saturated carbocycles. The first kappa shape index (κ1) is 17.3. The smallest absolute Gasteiger partial charge is 0.270 e. The molecule has 1 unspecified atom stereocenters. The molecule has 3 rings (SSSR count). The van der Waals surface area contributed by atoms with E-state index >= 15 is 0 Å². The lowest BCUT2D eigenvalue weighted by atomic mass is 9.41. The van der Waals surface area contributed by atoms with E-state index < -0.39 is 5.60 Å². The van der Waals surface area contributed by atoms with Crippen LogP contribution in [0.1, 0.15) is 58.3 Å². The number of hydrogen-bond donors (Lipinski definition) is 0. The van der Waals surface area contributed by atoms with Crippen molar-refractivity contribution in [3.63, 3.8) is 0 Å². The summed E-state index contributed by atoms with van der Waals surface area (Å²) in [5, 5.41) is 13.2. The molecule has 0 aromatic heterocycles. The fourth-order valence-corrected chi connectivity index (χ4v) is 4.25. The number of oxime groups is 1. The molecule has 130 valence electrons. The van der Waals surface area contributed by atoms with Gasteiger partial charge in [0.1, 0.15) is 0 Å². The normalized spacial score (nSPS) is 27.5. The van der Waals surface area contributed by atoms with Gasteiger partial charge in [-0.05, 0) is 25.2 Å². The number of carbonyl (C=O) groups excluding carboxylic acids is 1. The molecule has 5 nitrogen and oxygen atoms in total. The summed E-state index contributed by atoms with van der Waals surface area (Å²) in [5.74, 6) is 3.24. The fraction of sp³-hybridized carbons (Fsp3) is 0.833. The van der Waals surface area contributed by atoms with E-state index in [0.29, 0.717) is 12.3 Å². The summed E-state index contributed by atoms with van der Waals surface area (Å²) in [5.41, 5.74) is 0.379. The molecular formula is C18H28BN3O2. The molecule has 0 radical (unpaired) electrons. The molecular weight excluding hydrogens is 301 g/mol. The average Bonchev–Trinajstić information content (AvgIpc) is 3.17. The highest BCUT2D eigenvalue weighted by Gasteiger charge is 2.52. The summed E-state index contributed by atoms with van der Waals surface area (Å²) in [6, 6.07) is 0. The van der Waals surface area contributed by atoms with E-state index in [1.807, 2.05) is 4.90 Å². The third kappa shape index (κ3) is 3.60. The number of nitrogens with zero attached hydrogens (tertiary/aromatic N) is 3. The standard InChI is InChI=1S/C18H28BN3O2/c1-2-3-11-22-12-8-18(17(22)23)13-16(21-24-18)5-4-15-6-9-19(14-20)10-7-15/h15H,2-13H2,1H3. The van der Waals surface area contributed by atoms with Gasteiger partial charge in [-0.2, -0.15) is 0 Å². The third-order valence-electron chi connectivity index (χ3n) is 5.95. The molecule has 2 saturated heterocycles. The maximum Gasteiger partial charge on any atom is 0.270 e. The quantitative estimate of drug-likeness (QED) is 0.702. The van der Waals surface area contributed by atoms with Crippen LogP contribution in [0.15, 0.2) is 5.16 Å². The Kier molecular flexibility index (Phi) is 5.48. The predicted molar refractivity (Wildman–Crippen MR) is 94.9 cm³/mol. The first-order valence-corrected chi connectivity index (χ1v) is 9.60. The SMILES string of the molecule is CCCCN1CCC2(CC(CCC3CCB(C#N)CC3)=NO2)C1=O. The minimum Gasteiger partial charge on any atom is -0.379 e. The van der Waals surface area contributed by atoms with Crippen molar-refractivity contribution in [2.24, 2.45) is 11.1 Å². The van der Waals surface area contributed by atoms with E-state index in [0.717, 1.165) is 76.4 Å². The Bertz CT molecular complexity index is 537. The van der Waals surface area contributed by atoms with E-state index in [-0.39, 0.29) is 12.6 Å². The van der Waals surface area contributed by atoms with Gasteiger partial charge in [0.2, 0.25) is 5.60 Å². The Morgan fingerprint density at radius 1 is 1.46 bits per heavy atom. The van der Waals surface area contributed by atoms with Crippen LogP contribution in [0.5, 0.6) is 0 Å². The maximum absolute atomic E-state index is 12.7. The summed E-state index contributed by atoms with van der Waals surface area (Å²) >= 11 is 0. The molecule has 3 aliphatic heterocycles. The largest absolute Gasteiger partial charge is 0.379 e. The molecule has 0 aliphatic carbocycles. The number of amides is 1. The highest BCUT2D eigenvalue weighted by atomic mass is 16.7. The van der Waals surface area contributed by atoms with Crippen molar-refractivity contribution >= 4 is 18.3 Å². The lowest BCUT2D eigenvalue weighted by Crippen LogP contribution is -2.40. The van der Waals surface area contributed by atoms with Crippen LogP contribution in [-0.4, -0.2) is 41.9 Å². The molecule has 0 N–H and O–H groups in total. The van der Waals surface area contributed by atoms with Crippen molar-refractivity contribution in [1.82, 2.24) is 4.90 Å². The average molecular weight is 329 g/mol. The van der Waals surface area contributed by atoms with Crippen LogP contribution in [0, 0.1) is 17.1 Å².